The number of fused-ring (bicyclic) bond motifs is 1. The Balaban J connectivity index is 1.79. The summed E-state index contributed by atoms with van der Waals surface area (Å²) in [7, 11) is 0. The highest BCUT2D eigenvalue weighted by molar-refractivity contribution is 6.30. The maximum absolute atomic E-state index is 13.1. The molecule has 0 bridgehead atoms. The third kappa shape index (κ3) is 4.44. The molecule has 2 atom stereocenters. The zero-order valence-corrected chi connectivity index (χ0v) is 18.4. The van der Waals surface area contributed by atoms with Gasteiger partial charge >= 0.3 is 0 Å². The van der Waals surface area contributed by atoms with Gasteiger partial charge in [-0.15, -0.1) is 0 Å². The van der Waals surface area contributed by atoms with E-state index in [1.54, 1.807) is 24.3 Å². The summed E-state index contributed by atoms with van der Waals surface area (Å²) in [5.41, 5.74) is 0.0682. The van der Waals surface area contributed by atoms with E-state index >= 15 is 0 Å². The molecule has 2 aliphatic heterocycles. The number of aliphatic hydroxyl groups excluding tert-OH is 1. The highest BCUT2D eigenvalue weighted by Crippen LogP contribution is 2.30. The van der Waals surface area contributed by atoms with Crippen molar-refractivity contribution in [1.82, 2.24) is 14.7 Å². The van der Waals surface area contributed by atoms with E-state index in [4.69, 9.17) is 11.6 Å². The van der Waals surface area contributed by atoms with Crippen molar-refractivity contribution >= 4 is 23.4 Å². The lowest BCUT2D eigenvalue weighted by Gasteiger charge is -2.56. The number of halogens is 1. The molecule has 2 heterocycles. The number of carbonyl (C=O) groups excluding carboxylic acids is 2. The van der Waals surface area contributed by atoms with Gasteiger partial charge in [-0.3, -0.25) is 14.5 Å². The van der Waals surface area contributed by atoms with Gasteiger partial charge in [0, 0.05) is 55.3 Å². The van der Waals surface area contributed by atoms with Crippen molar-refractivity contribution in [2.24, 2.45) is 5.92 Å². The van der Waals surface area contributed by atoms with E-state index in [-0.39, 0.29) is 30.4 Å². The first-order valence-electron chi connectivity index (χ1n) is 10.5. The van der Waals surface area contributed by atoms with Gasteiger partial charge in [-0.25, -0.2) is 0 Å². The number of benzene rings is 1. The Morgan fingerprint density at radius 1 is 1.14 bits per heavy atom. The van der Waals surface area contributed by atoms with E-state index in [0.717, 1.165) is 19.4 Å². The molecule has 0 radical (unpaired) electrons. The van der Waals surface area contributed by atoms with Gasteiger partial charge in [-0.2, -0.15) is 0 Å². The number of amides is 2. The summed E-state index contributed by atoms with van der Waals surface area (Å²) >= 11 is 5.95. The number of piperazine rings is 2. The van der Waals surface area contributed by atoms with Crippen LogP contribution in [0.5, 0.6) is 0 Å². The lowest BCUT2D eigenvalue weighted by molar-refractivity contribution is -0.144. The Hall–Kier alpha value is -1.63. The van der Waals surface area contributed by atoms with Crippen LogP contribution < -0.4 is 0 Å². The molecule has 0 unspecified atom stereocenters. The lowest BCUT2D eigenvalue weighted by atomic mass is 9.90. The molecule has 3 rings (SSSR count). The maximum atomic E-state index is 13.1. The average Bonchev–Trinajstić information content (AvgIpc) is 2.74. The molecule has 2 saturated heterocycles. The first-order valence-corrected chi connectivity index (χ1v) is 10.9. The molecule has 2 amide bonds. The fraction of sp³-hybridized carbons (Fsp3) is 0.636. The van der Waals surface area contributed by atoms with E-state index in [9.17, 15) is 14.7 Å². The van der Waals surface area contributed by atoms with E-state index < -0.39 is 5.54 Å². The van der Waals surface area contributed by atoms with Crippen molar-refractivity contribution in [3.05, 3.63) is 34.9 Å². The van der Waals surface area contributed by atoms with Gasteiger partial charge in [-0.05, 0) is 44.0 Å². The highest BCUT2D eigenvalue weighted by atomic mass is 35.5. The molecule has 2 fully saturated rings. The third-order valence-corrected chi connectivity index (χ3v) is 6.76. The summed E-state index contributed by atoms with van der Waals surface area (Å²) in [6.45, 7) is 9.06. The number of aliphatic hydroxyl groups is 1. The summed E-state index contributed by atoms with van der Waals surface area (Å²) in [4.78, 5) is 32.1. The molecule has 0 aromatic heterocycles. The van der Waals surface area contributed by atoms with Gasteiger partial charge in [0.05, 0.1) is 12.1 Å². The van der Waals surface area contributed by atoms with Crippen molar-refractivity contribution < 1.29 is 14.7 Å². The lowest BCUT2D eigenvalue weighted by Crippen LogP contribution is -2.72. The Labute approximate surface area is 178 Å². The molecule has 6 nitrogen and oxygen atoms in total. The van der Waals surface area contributed by atoms with Gasteiger partial charge < -0.3 is 14.9 Å². The number of carbonyl (C=O) groups is 2. The highest BCUT2D eigenvalue weighted by Gasteiger charge is 2.47. The largest absolute Gasteiger partial charge is 0.394 e. The second-order valence-corrected chi connectivity index (χ2v) is 8.93. The molecule has 29 heavy (non-hydrogen) atoms. The Kier molecular flexibility index (Phi) is 6.87. The first-order chi connectivity index (χ1) is 13.8. The SMILES string of the molecule is CCC(CC)C(=O)N1CCN2[C@H](CN(C(=O)c3ccc(Cl)cc3)C[C@@]2(C)CO)C1. The quantitative estimate of drug-likeness (QED) is 0.793. The van der Waals surface area contributed by atoms with Crippen LogP contribution in [0.1, 0.15) is 44.0 Å². The van der Waals surface area contributed by atoms with E-state index in [1.807, 2.05) is 16.7 Å². The van der Waals surface area contributed by atoms with Gasteiger partial charge in [0.25, 0.3) is 5.91 Å². The van der Waals surface area contributed by atoms with Gasteiger partial charge in [0.15, 0.2) is 0 Å². The topological polar surface area (TPSA) is 64.1 Å². The summed E-state index contributed by atoms with van der Waals surface area (Å²) in [6.07, 6.45) is 1.69. The molecule has 0 aliphatic carbocycles. The minimum atomic E-state index is -0.519. The number of hydrogen-bond donors (Lipinski definition) is 1. The minimum absolute atomic E-state index is 0.0178. The van der Waals surface area contributed by atoms with Crippen LogP contribution in [0, 0.1) is 5.92 Å². The molecule has 0 spiro atoms. The zero-order chi connectivity index (χ0) is 21.2. The van der Waals surface area contributed by atoms with E-state index in [2.05, 4.69) is 18.7 Å². The summed E-state index contributed by atoms with van der Waals surface area (Å²) in [5.74, 6) is 0.201. The Morgan fingerprint density at radius 3 is 2.34 bits per heavy atom. The molecule has 160 valence electrons. The maximum Gasteiger partial charge on any atom is 0.253 e. The predicted molar refractivity (Wildman–Crippen MR) is 114 cm³/mol. The third-order valence-electron chi connectivity index (χ3n) is 6.50. The summed E-state index contributed by atoms with van der Waals surface area (Å²) < 4.78 is 0. The van der Waals surface area contributed by atoms with E-state index in [1.165, 1.54) is 0 Å². The Bertz CT molecular complexity index is 737. The van der Waals surface area contributed by atoms with Crippen molar-refractivity contribution in [3.63, 3.8) is 0 Å². The predicted octanol–water partition coefficient (Wildman–Crippen LogP) is 2.50. The molecule has 1 aromatic carbocycles. The number of nitrogens with zero attached hydrogens (tertiary/aromatic N) is 3. The second-order valence-electron chi connectivity index (χ2n) is 8.49. The molecule has 7 heteroatoms. The summed E-state index contributed by atoms with van der Waals surface area (Å²) in [5, 5.41) is 10.7. The van der Waals surface area contributed by atoms with Crippen LogP contribution >= 0.6 is 11.6 Å². The molecule has 1 N–H and O–H groups in total. The average molecular weight is 422 g/mol. The van der Waals surface area contributed by atoms with E-state index in [0.29, 0.717) is 36.8 Å². The van der Waals surface area contributed by atoms with Crippen molar-refractivity contribution in [2.45, 2.75) is 45.2 Å². The fourth-order valence-corrected chi connectivity index (χ4v) is 4.84. The van der Waals surface area contributed by atoms with Crippen molar-refractivity contribution in [1.29, 1.82) is 0 Å². The number of rotatable bonds is 5. The monoisotopic (exact) mass is 421 g/mol. The molecular formula is C22H32ClN3O3. The van der Waals surface area contributed by atoms with Gasteiger partial charge in [0.1, 0.15) is 0 Å². The van der Waals surface area contributed by atoms with Crippen LogP contribution in [0.3, 0.4) is 0 Å². The van der Waals surface area contributed by atoms with Crippen LogP contribution in [-0.4, -0.2) is 82.5 Å². The van der Waals surface area contributed by atoms with Crippen LogP contribution in [0.15, 0.2) is 24.3 Å². The zero-order valence-electron chi connectivity index (χ0n) is 17.6. The molecular weight excluding hydrogens is 390 g/mol. The fourth-order valence-electron chi connectivity index (χ4n) is 4.71. The summed E-state index contributed by atoms with van der Waals surface area (Å²) in [6, 6.07) is 6.91. The van der Waals surface area contributed by atoms with Crippen LogP contribution in [0.4, 0.5) is 0 Å². The van der Waals surface area contributed by atoms with Crippen molar-refractivity contribution in [2.75, 3.05) is 39.3 Å². The molecule has 1 aromatic rings. The Morgan fingerprint density at radius 2 is 1.76 bits per heavy atom. The normalized spacial score (nSPS) is 25.2. The van der Waals surface area contributed by atoms with Crippen LogP contribution in [0.25, 0.3) is 0 Å². The van der Waals surface area contributed by atoms with Crippen LogP contribution in [-0.2, 0) is 4.79 Å². The minimum Gasteiger partial charge on any atom is -0.394 e. The molecule has 2 aliphatic rings. The number of hydrogen-bond acceptors (Lipinski definition) is 4. The van der Waals surface area contributed by atoms with Crippen molar-refractivity contribution in [3.8, 4) is 0 Å². The standard InChI is InChI=1S/C22H32ClN3O3/c1-4-16(5-2)20(28)24-10-11-26-19(12-24)13-25(14-22(26,3)15-27)21(29)17-6-8-18(23)9-7-17/h6-9,16,19,27H,4-5,10-15H2,1-3H3/t19-,22-/m0/s1. The smallest absolute Gasteiger partial charge is 0.253 e. The first kappa shape index (κ1) is 22.1. The molecule has 0 saturated carbocycles. The van der Waals surface area contributed by atoms with Crippen LogP contribution in [0.2, 0.25) is 5.02 Å². The second kappa shape index (κ2) is 9.02. The van der Waals surface area contributed by atoms with Gasteiger partial charge in [0.2, 0.25) is 5.91 Å². The van der Waals surface area contributed by atoms with Gasteiger partial charge in [-0.1, -0.05) is 25.4 Å².